The van der Waals surface area contributed by atoms with Gasteiger partial charge in [0.05, 0.1) is 6.61 Å². The van der Waals surface area contributed by atoms with Crippen LogP contribution in [0.25, 0.3) is 0 Å². The molecule has 1 aromatic rings. The zero-order chi connectivity index (χ0) is 15.5. The van der Waals surface area contributed by atoms with Crippen LogP contribution in [0.1, 0.15) is 43.7 Å². The third kappa shape index (κ3) is 7.93. The van der Waals surface area contributed by atoms with Crippen LogP contribution in [0.15, 0.2) is 23.2 Å². The summed E-state index contributed by atoms with van der Waals surface area (Å²) in [5.41, 5.74) is 1.23. The molecule has 0 spiro atoms. The van der Waals surface area contributed by atoms with E-state index < -0.39 is 0 Å². The van der Waals surface area contributed by atoms with Gasteiger partial charge < -0.3 is 15.7 Å². The Labute approximate surface area is 149 Å². The fourth-order valence-electron chi connectivity index (χ4n) is 2.02. The molecule has 0 radical (unpaired) electrons. The summed E-state index contributed by atoms with van der Waals surface area (Å²) in [6, 6.07) is 4.75. The van der Waals surface area contributed by atoms with Gasteiger partial charge in [0, 0.05) is 25.7 Å². The summed E-state index contributed by atoms with van der Waals surface area (Å²) in [5.74, 6) is 0.362. The molecule has 0 aliphatic carbocycles. The average molecular weight is 423 g/mol. The second-order valence-electron chi connectivity index (χ2n) is 5.00. The number of nitrogens with zero attached hydrogens (tertiary/aromatic N) is 1. The Balaban J connectivity index is 0.00000441. The fourth-order valence-corrected chi connectivity index (χ4v) is 2.02. The van der Waals surface area contributed by atoms with Gasteiger partial charge in [0.1, 0.15) is 5.82 Å². The quantitative estimate of drug-likeness (QED) is 0.261. The normalized spacial score (nSPS) is 11.0. The number of aliphatic hydroxyl groups is 1. The SMILES string of the molecule is CCCCCCNC(=NC)NCc1ccc(F)c(CO)c1.I. The minimum atomic E-state index is -0.375. The number of hydrogen-bond acceptors (Lipinski definition) is 2. The van der Waals surface area contributed by atoms with Gasteiger partial charge in [-0.1, -0.05) is 32.3 Å². The number of aliphatic imine (C=N–C) groups is 1. The van der Waals surface area contributed by atoms with Crippen molar-refractivity contribution in [3.63, 3.8) is 0 Å². The predicted octanol–water partition coefficient (Wildman–Crippen LogP) is 3.18. The molecule has 0 atom stereocenters. The van der Waals surface area contributed by atoms with Gasteiger partial charge in [-0.05, 0) is 24.1 Å². The molecule has 0 amide bonds. The number of hydrogen-bond donors (Lipinski definition) is 3. The minimum Gasteiger partial charge on any atom is -0.392 e. The van der Waals surface area contributed by atoms with Crippen LogP contribution >= 0.6 is 24.0 Å². The van der Waals surface area contributed by atoms with E-state index in [1.807, 2.05) is 0 Å². The lowest BCUT2D eigenvalue weighted by molar-refractivity contribution is 0.275. The lowest BCUT2D eigenvalue weighted by atomic mass is 10.1. The Kier molecular flexibility index (Phi) is 12.1. The summed E-state index contributed by atoms with van der Waals surface area (Å²) in [7, 11) is 1.73. The lowest BCUT2D eigenvalue weighted by Gasteiger charge is -2.12. The Morgan fingerprint density at radius 1 is 1.23 bits per heavy atom. The van der Waals surface area contributed by atoms with Gasteiger partial charge in [-0.3, -0.25) is 4.99 Å². The summed E-state index contributed by atoms with van der Waals surface area (Å²) >= 11 is 0. The summed E-state index contributed by atoms with van der Waals surface area (Å²) in [4.78, 5) is 4.15. The molecule has 126 valence electrons. The van der Waals surface area contributed by atoms with Gasteiger partial charge in [0.25, 0.3) is 0 Å². The molecule has 0 aliphatic rings. The first kappa shape index (κ1) is 21.1. The first-order valence-corrected chi connectivity index (χ1v) is 7.54. The molecule has 0 unspecified atom stereocenters. The van der Waals surface area contributed by atoms with Crippen LogP contribution in [-0.2, 0) is 13.2 Å². The van der Waals surface area contributed by atoms with Crippen molar-refractivity contribution in [3.05, 3.63) is 35.1 Å². The van der Waals surface area contributed by atoms with Gasteiger partial charge in [-0.25, -0.2) is 4.39 Å². The van der Waals surface area contributed by atoms with Gasteiger partial charge in [-0.15, -0.1) is 24.0 Å². The summed E-state index contributed by atoms with van der Waals surface area (Å²) < 4.78 is 13.3. The van der Waals surface area contributed by atoms with Crippen LogP contribution in [0, 0.1) is 5.82 Å². The molecule has 4 nitrogen and oxygen atoms in total. The smallest absolute Gasteiger partial charge is 0.191 e. The number of rotatable bonds is 8. The van der Waals surface area contributed by atoms with Crippen molar-refractivity contribution in [1.29, 1.82) is 0 Å². The van der Waals surface area contributed by atoms with E-state index in [0.29, 0.717) is 12.1 Å². The Hall–Kier alpha value is -0.890. The predicted molar refractivity (Wildman–Crippen MR) is 100 cm³/mol. The van der Waals surface area contributed by atoms with Crippen molar-refractivity contribution < 1.29 is 9.50 Å². The molecule has 0 saturated carbocycles. The van der Waals surface area contributed by atoms with E-state index in [2.05, 4.69) is 22.5 Å². The van der Waals surface area contributed by atoms with E-state index in [1.54, 1.807) is 19.2 Å². The minimum absolute atomic E-state index is 0. The summed E-state index contributed by atoms with van der Waals surface area (Å²) in [6.45, 7) is 3.34. The van der Waals surface area contributed by atoms with Gasteiger partial charge in [0.2, 0.25) is 0 Å². The lowest BCUT2D eigenvalue weighted by Crippen LogP contribution is -2.37. The number of aliphatic hydroxyl groups excluding tert-OH is 1. The van der Waals surface area contributed by atoms with Crippen LogP contribution in [0.3, 0.4) is 0 Å². The first-order chi connectivity index (χ1) is 10.2. The highest BCUT2D eigenvalue weighted by Crippen LogP contribution is 2.10. The molecule has 0 aromatic heterocycles. The Morgan fingerprint density at radius 2 is 2.00 bits per heavy atom. The number of benzene rings is 1. The third-order valence-corrected chi connectivity index (χ3v) is 3.29. The zero-order valence-electron chi connectivity index (χ0n) is 13.4. The average Bonchev–Trinajstić information content (AvgIpc) is 2.51. The van der Waals surface area contributed by atoms with E-state index in [9.17, 15) is 4.39 Å². The van der Waals surface area contributed by atoms with Crippen molar-refractivity contribution in [2.45, 2.75) is 45.8 Å². The second-order valence-corrected chi connectivity index (χ2v) is 5.00. The zero-order valence-corrected chi connectivity index (χ0v) is 15.7. The topological polar surface area (TPSA) is 56.7 Å². The molecule has 0 heterocycles. The van der Waals surface area contributed by atoms with Gasteiger partial charge in [-0.2, -0.15) is 0 Å². The summed E-state index contributed by atoms with van der Waals surface area (Å²) in [5, 5.41) is 15.5. The molecule has 0 fully saturated rings. The van der Waals surface area contributed by atoms with Crippen LogP contribution in [0.4, 0.5) is 4.39 Å². The maximum Gasteiger partial charge on any atom is 0.191 e. The third-order valence-electron chi connectivity index (χ3n) is 3.29. The highest BCUT2D eigenvalue weighted by atomic mass is 127. The van der Waals surface area contributed by atoms with Crippen molar-refractivity contribution in [2.24, 2.45) is 4.99 Å². The maximum atomic E-state index is 13.3. The molecule has 0 aliphatic heterocycles. The summed E-state index contributed by atoms with van der Waals surface area (Å²) in [6.07, 6.45) is 4.83. The van der Waals surface area contributed by atoms with Crippen LogP contribution in [0.2, 0.25) is 0 Å². The Bertz CT molecular complexity index is 455. The molecular formula is C16H27FIN3O. The van der Waals surface area contributed by atoms with E-state index in [-0.39, 0.29) is 36.4 Å². The monoisotopic (exact) mass is 423 g/mol. The molecule has 6 heteroatoms. The molecular weight excluding hydrogens is 396 g/mol. The molecule has 22 heavy (non-hydrogen) atoms. The largest absolute Gasteiger partial charge is 0.392 e. The van der Waals surface area contributed by atoms with Crippen LogP contribution in [-0.4, -0.2) is 24.7 Å². The maximum absolute atomic E-state index is 13.3. The standard InChI is InChI=1S/C16H26FN3O.HI/c1-3-4-5-6-9-19-16(18-2)20-11-13-7-8-15(17)14(10-13)12-21;/h7-8,10,21H,3-6,9,11-12H2,1-2H3,(H2,18,19,20);1H. The highest BCUT2D eigenvalue weighted by Gasteiger charge is 2.03. The van der Waals surface area contributed by atoms with E-state index >= 15 is 0 Å². The van der Waals surface area contributed by atoms with E-state index in [4.69, 9.17) is 5.11 Å². The number of guanidine groups is 1. The van der Waals surface area contributed by atoms with Crippen molar-refractivity contribution >= 4 is 29.9 Å². The van der Waals surface area contributed by atoms with E-state index in [1.165, 1.54) is 25.3 Å². The molecule has 0 bridgehead atoms. The molecule has 1 rings (SSSR count). The van der Waals surface area contributed by atoms with Crippen molar-refractivity contribution in [1.82, 2.24) is 10.6 Å². The number of nitrogens with one attached hydrogen (secondary N) is 2. The number of halogens is 2. The Morgan fingerprint density at radius 3 is 2.64 bits per heavy atom. The molecule has 0 saturated heterocycles. The van der Waals surface area contributed by atoms with Crippen LogP contribution in [0.5, 0.6) is 0 Å². The van der Waals surface area contributed by atoms with Gasteiger partial charge >= 0.3 is 0 Å². The van der Waals surface area contributed by atoms with E-state index in [0.717, 1.165) is 24.5 Å². The van der Waals surface area contributed by atoms with Crippen LogP contribution < -0.4 is 10.6 Å². The van der Waals surface area contributed by atoms with Crippen molar-refractivity contribution in [2.75, 3.05) is 13.6 Å². The molecule has 3 N–H and O–H groups in total. The molecule has 1 aromatic carbocycles. The highest BCUT2D eigenvalue weighted by molar-refractivity contribution is 14.0. The van der Waals surface area contributed by atoms with Gasteiger partial charge in [0.15, 0.2) is 5.96 Å². The second kappa shape index (κ2) is 12.6. The fraction of sp³-hybridized carbons (Fsp3) is 0.562. The number of unbranched alkanes of at least 4 members (excludes halogenated alkanes) is 3. The first-order valence-electron chi connectivity index (χ1n) is 7.54. The van der Waals surface area contributed by atoms with Crippen molar-refractivity contribution in [3.8, 4) is 0 Å².